The first-order valence-corrected chi connectivity index (χ1v) is 8.19. The van der Waals surface area contributed by atoms with Crippen molar-refractivity contribution >= 4 is 11.3 Å². The molecule has 2 heterocycles. The second-order valence-electron chi connectivity index (χ2n) is 5.02. The Labute approximate surface area is 125 Å². The number of pyridine rings is 1. The third-order valence-corrected chi connectivity index (χ3v) is 4.49. The zero-order valence-corrected chi connectivity index (χ0v) is 13.3. The number of aromatic nitrogens is 2. The van der Waals surface area contributed by atoms with E-state index in [1.54, 1.807) is 11.3 Å². The van der Waals surface area contributed by atoms with E-state index in [2.05, 4.69) is 48.2 Å². The average Bonchev–Trinajstić information content (AvgIpc) is 2.90. The summed E-state index contributed by atoms with van der Waals surface area (Å²) >= 11 is 1.73. The second-order valence-corrected chi connectivity index (χ2v) is 5.91. The maximum Gasteiger partial charge on any atom is 0.0798 e. The minimum Gasteiger partial charge on any atom is -0.309 e. The topological polar surface area (TPSA) is 37.8 Å². The molecule has 0 saturated carbocycles. The van der Waals surface area contributed by atoms with E-state index in [1.165, 1.54) is 10.4 Å². The molecule has 3 nitrogen and oxygen atoms in total. The van der Waals surface area contributed by atoms with Crippen LogP contribution < -0.4 is 5.32 Å². The van der Waals surface area contributed by atoms with Crippen molar-refractivity contribution in [3.63, 3.8) is 0 Å². The van der Waals surface area contributed by atoms with Gasteiger partial charge in [-0.1, -0.05) is 19.9 Å². The summed E-state index contributed by atoms with van der Waals surface area (Å²) in [5, 5.41) is 3.62. The molecule has 0 fully saturated rings. The lowest BCUT2D eigenvalue weighted by molar-refractivity contribution is 0.528. The van der Waals surface area contributed by atoms with Crippen molar-refractivity contribution in [2.75, 3.05) is 6.54 Å². The average molecular weight is 289 g/mol. The Balaban J connectivity index is 2.12. The predicted octanol–water partition coefficient (Wildman–Crippen LogP) is 3.69. The smallest absolute Gasteiger partial charge is 0.0798 e. The van der Waals surface area contributed by atoms with Gasteiger partial charge in [-0.2, -0.15) is 0 Å². The number of thiazole rings is 1. The molecule has 0 bridgehead atoms. The van der Waals surface area contributed by atoms with Crippen molar-refractivity contribution < 1.29 is 0 Å². The molecule has 0 aliphatic carbocycles. The molecule has 20 heavy (non-hydrogen) atoms. The van der Waals surface area contributed by atoms with Crippen LogP contribution in [-0.2, 0) is 12.8 Å². The van der Waals surface area contributed by atoms with Crippen LogP contribution in [0.25, 0.3) is 0 Å². The molecule has 1 N–H and O–H groups in total. The van der Waals surface area contributed by atoms with Crippen LogP contribution in [0.4, 0.5) is 0 Å². The lowest BCUT2D eigenvalue weighted by Crippen LogP contribution is -2.24. The molecule has 2 rings (SSSR count). The fourth-order valence-electron chi connectivity index (χ4n) is 2.22. The van der Waals surface area contributed by atoms with Crippen LogP contribution in [0.15, 0.2) is 23.8 Å². The van der Waals surface area contributed by atoms with Crippen LogP contribution in [0.2, 0.25) is 0 Å². The molecule has 0 amide bonds. The number of nitrogens with one attached hydrogen (secondary N) is 1. The Kier molecular flexibility index (Phi) is 5.68. The van der Waals surface area contributed by atoms with Crippen molar-refractivity contribution in [2.24, 2.45) is 0 Å². The largest absolute Gasteiger partial charge is 0.309 e. The molecule has 0 radical (unpaired) electrons. The SMILES string of the molecule is CCCNC(Cc1ccc(CC)cn1)c1scnc1C. The van der Waals surface area contributed by atoms with Crippen molar-refractivity contribution in [2.45, 2.75) is 46.1 Å². The number of hydrogen-bond acceptors (Lipinski definition) is 4. The van der Waals surface area contributed by atoms with Crippen LogP contribution >= 0.6 is 11.3 Å². The van der Waals surface area contributed by atoms with Crippen molar-refractivity contribution in [3.05, 3.63) is 45.7 Å². The third-order valence-electron chi connectivity index (χ3n) is 3.45. The van der Waals surface area contributed by atoms with Gasteiger partial charge in [0.1, 0.15) is 0 Å². The predicted molar refractivity (Wildman–Crippen MR) is 85.2 cm³/mol. The number of hydrogen-bond donors (Lipinski definition) is 1. The molecule has 2 aromatic heterocycles. The van der Waals surface area contributed by atoms with E-state index in [0.29, 0.717) is 6.04 Å². The first-order chi connectivity index (χ1) is 9.74. The van der Waals surface area contributed by atoms with Crippen LogP contribution in [0, 0.1) is 6.92 Å². The maximum atomic E-state index is 4.58. The molecule has 1 atom stereocenters. The normalized spacial score (nSPS) is 12.6. The van der Waals surface area contributed by atoms with E-state index in [1.807, 2.05) is 11.7 Å². The summed E-state index contributed by atoms with van der Waals surface area (Å²) in [6.07, 6.45) is 5.09. The van der Waals surface area contributed by atoms with Crippen molar-refractivity contribution in [1.29, 1.82) is 0 Å². The van der Waals surface area contributed by atoms with Crippen LogP contribution in [0.1, 0.15) is 48.1 Å². The Hall–Kier alpha value is -1.26. The number of aryl methyl sites for hydroxylation is 2. The van der Waals surface area contributed by atoms with Gasteiger partial charge in [0.2, 0.25) is 0 Å². The Morgan fingerprint density at radius 1 is 1.25 bits per heavy atom. The number of nitrogens with zero attached hydrogens (tertiary/aromatic N) is 2. The molecule has 0 aliphatic rings. The zero-order valence-electron chi connectivity index (χ0n) is 12.5. The van der Waals surface area contributed by atoms with E-state index in [0.717, 1.165) is 37.2 Å². The quantitative estimate of drug-likeness (QED) is 0.844. The van der Waals surface area contributed by atoms with Crippen molar-refractivity contribution in [3.8, 4) is 0 Å². The minimum absolute atomic E-state index is 0.322. The Bertz CT molecular complexity index is 519. The molecular weight excluding hydrogens is 266 g/mol. The summed E-state index contributed by atoms with van der Waals surface area (Å²) in [7, 11) is 0. The molecule has 1 unspecified atom stereocenters. The van der Waals surface area contributed by atoms with Gasteiger partial charge in [-0.05, 0) is 37.9 Å². The molecule has 2 aromatic rings. The van der Waals surface area contributed by atoms with E-state index < -0.39 is 0 Å². The van der Waals surface area contributed by atoms with Gasteiger partial charge in [-0.15, -0.1) is 11.3 Å². The van der Waals surface area contributed by atoms with E-state index in [-0.39, 0.29) is 0 Å². The van der Waals surface area contributed by atoms with Gasteiger partial charge in [-0.3, -0.25) is 4.98 Å². The van der Waals surface area contributed by atoms with Crippen molar-refractivity contribution in [1.82, 2.24) is 15.3 Å². The standard InChI is InChI=1S/C16H23N3S/c1-4-8-17-15(16-12(3)19-11-20-16)9-14-7-6-13(5-2)10-18-14/h6-7,10-11,15,17H,4-5,8-9H2,1-3H3. The molecule has 4 heteroatoms. The lowest BCUT2D eigenvalue weighted by Gasteiger charge is -2.17. The van der Waals surface area contributed by atoms with E-state index in [4.69, 9.17) is 0 Å². The third kappa shape index (κ3) is 3.87. The Morgan fingerprint density at radius 2 is 2.10 bits per heavy atom. The first kappa shape index (κ1) is 15.1. The second kappa shape index (κ2) is 7.50. The molecule has 0 saturated heterocycles. The molecular formula is C16H23N3S. The highest BCUT2D eigenvalue weighted by atomic mass is 32.1. The van der Waals surface area contributed by atoms with Gasteiger partial charge in [-0.25, -0.2) is 4.98 Å². The van der Waals surface area contributed by atoms with Crippen LogP contribution in [0.5, 0.6) is 0 Å². The van der Waals surface area contributed by atoms with Gasteiger partial charge in [0.15, 0.2) is 0 Å². The first-order valence-electron chi connectivity index (χ1n) is 7.31. The van der Waals surface area contributed by atoms with Crippen LogP contribution in [-0.4, -0.2) is 16.5 Å². The highest BCUT2D eigenvalue weighted by Crippen LogP contribution is 2.24. The van der Waals surface area contributed by atoms with Gasteiger partial charge >= 0.3 is 0 Å². The fourth-order valence-corrected chi connectivity index (χ4v) is 3.09. The summed E-state index contributed by atoms with van der Waals surface area (Å²) in [6, 6.07) is 4.65. The molecule has 108 valence electrons. The maximum absolute atomic E-state index is 4.58. The summed E-state index contributed by atoms with van der Waals surface area (Å²) in [6.45, 7) is 7.45. The van der Waals surface area contributed by atoms with E-state index >= 15 is 0 Å². The van der Waals surface area contributed by atoms with Gasteiger partial charge in [0, 0.05) is 29.2 Å². The van der Waals surface area contributed by atoms with Gasteiger partial charge in [0.05, 0.1) is 11.2 Å². The summed E-state index contributed by atoms with van der Waals surface area (Å²) in [4.78, 5) is 10.3. The lowest BCUT2D eigenvalue weighted by atomic mass is 10.1. The minimum atomic E-state index is 0.322. The fraction of sp³-hybridized carbons (Fsp3) is 0.500. The monoisotopic (exact) mass is 289 g/mol. The van der Waals surface area contributed by atoms with Crippen LogP contribution in [0.3, 0.4) is 0 Å². The molecule has 0 aromatic carbocycles. The number of rotatable bonds is 7. The highest BCUT2D eigenvalue weighted by molar-refractivity contribution is 7.09. The van der Waals surface area contributed by atoms with E-state index in [9.17, 15) is 0 Å². The highest BCUT2D eigenvalue weighted by Gasteiger charge is 2.16. The molecule has 0 spiro atoms. The van der Waals surface area contributed by atoms with Gasteiger partial charge in [0.25, 0.3) is 0 Å². The summed E-state index contributed by atoms with van der Waals surface area (Å²) < 4.78 is 0. The summed E-state index contributed by atoms with van der Waals surface area (Å²) in [5.41, 5.74) is 5.50. The molecule has 0 aliphatic heterocycles. The zero-order chi connectivity index (χ0) is 14.4. The van der Waals surface area contributed by atoms with Gasteiger partial charge < -0.3 is 5.32 Å². The summed E-state index contributed by atoms with van der Waals surface area (Å²) in [5.74, 6) is 0. The Morgan fingerprint density at radius 3 is 2.65 bits per heavy atom.